The van der Waals surface area contributed by atoms with Crippen LogP contribution in [0.1, 0.15) is 40.3 Å². The van der Waals surface area contributed by atoms with E-state index in [2.05, 4.69) is 16.0 Å². The predicted octanol–water partition coefficient (Wildman–Crippen LogP) is 2.44. The second-order valence-electron chi connectivity index (χ2n) is 7.00. The normalized spacial score (nSPS) is 10.9. The van der Waals surface area contributed by atoms with Crippen LogP contribution in [0.15, 0.2) is 53.3 Å². The number of hydrogen-bond acceptors (Lipinski definition) is 4. The first-order valence-corrected chi connectivity index (χ1v) is 9.04. The Morgan fingerprint density at radius 3 is 2.25 bits per heavy atom. The molecule has 1 heterocycles. The molecule has 0 atom stereocenters. The maximum absolute atomic E-state index is 12.7. The summed E-state index contributed by atoms with van der Waals surface area (Å²) in [5.41, 5.74) is 5.91. The van der Waals surface area contributed by atoms with Gasteiger partial charge in [0.2, 0.25) is 0 Å². The molecule has 0 saturated carbocycles. The van der Waals surface area contributed by atoms with E-state index in [1.165, 1.54) is 4.68 Å². The number of amides is 2. The van der Waals surface area contributed by atoms with E-state index in [1.807, 2.05) is 32.9 Å². The monoisotopic (exact) mass is 378 g/mol. The van der Waals surface area contributed by atoms with Gasteiger partial charge in [-0.1, -0.05) is 50.2 Å². The fraction of sp³-hybridized carbons (Fsp3) is 0.238. The van der Waals surface area contributed by atoms with E-state index < -0.39 is 11.8 Å². The number of rotatable bonds is 4. The summed E-state index contributed by atoms with van der Waals surface area (Å²) in [5.74, 6) is -0.829. The van der Waals surface area contributed by atoms with Crippen LogP contribution in [0.3, 0.4) is 0 Å². The maximum atomic E-state index is 12.7. The van der Waals surface area contributed by atoms with Crippen LogP contribution in [0, 0.1) is 12.8 Å². The topological polar surface area (TPSA) is 93.1 Å². The van der Waals surface area contributed by atoms with E-state index in [1.54, 1.807) is 36.4 Å². The van der Waals surface area contributed by atoms with Gasteiger partial charge in [0, 0.05) is 17.5 Å². The standard InChI is InChI=1S/C21H22N4O3/c1-13(2)12-25-21(28)17-11-7-6-10-16(17)18(24-25)20(27)23-22-19(26)15-9-5-4-8-14(15)3/h4-11,13H,12H2,1-3H3,(H,22,26)(H,23,27). The number of nitrogens with zero attached hydrogens (tertiary/aromatic N) is 2. The lowest BCUT2D eigenvalue weighted by molar-refractivity contribution is 0.0843. The number of carbonyl (C=O) groups excluding carboxylic acids is 2. The molecule has 0 spiro atoms. The van der Waals surface area contributed by atoms with Crippen molar-refractivity contribution in [2.75, 3.05) is 0 Å². The summed E-state index contributed by atoms with van der Waals surface area (Å²) in [6.45, 7) is 6.13. The van der Waals surface area contributed by atoms with E-state index in [9.17, 15) is 14.4 Å². The van der Waals surface area contributed by atoms with Gasteiger partial charge in [0.15, 0.2) is 5.69 Å². The lowest BCUT2D eigenvalue weighted by Gasteiger charge is -2.13. The fourth-order valence-electron chi connectivity index (χ4n) is 2.94. The molecule has 3 aromatic rings. The Bertz CT molecular complexity index is 1100. The molecular formula is C21H22N4O3. The summed E-state index contributed by atoms with van der Waals surface area (Å²) in [6.07, 6.45) is 0. The lowest BCUT2D eigenvalue weighted by Crippen LogP contribution is -2.43. The molecule has 0 radical (unpaired) electrons. The van der Waals surface area contributed by atoms with Crippen molar-refractivity contribution in [1.29, 1.82) is 0 Å². The molecule has 0 aliphatic heterocycles. The first kappa shape index (κ1) is 19.3. The summed E-state index contributed by atoms with van der Waals surface area (Å²) < 4.78 is 1.30. The third-order valence-electron chi connectivity index (χ3n) is 4.30. The number of carbonyl (C=O) groups is 2. The first-order chi connectivity index (χ1) is 13.4. The highest BCUT2D eigenvalue weighted by Crippen LogP contribution is 2.14. The summed E-state index contributed by atoms with van der Waals surface area (Å²) in [7, 11) is 0. The number of nitrogens with one attached hydrogen (secondary N) is 2. The van der Waals surface area contributed by atoms with Crippen LogP contribution in [0.25, 0.3) is 10.8 Å². The van der Waals surface area contributed by atoms with Crippen molar-refractivity contribution in [2.24, 2.45) is 5.92 Å². The van der Waals surface area contributed by atoms with Crippen molar-refractivity contribution in [3.05, 3.63) is 75.7 Å². The Morgan fingerprint density at radius 1 is 0.964 bits per heavy atom. The van der Waals surface area contributed by atoms with E-state index >= 15 is 0 Å². The molecule has 3 rings (SSSR count). The van der Waals surface area contributed by atoms with Crippen LogP contribution < -0.4 is 16.4 Å². The molecule has 0 fully saturated rings. The van der Waals surface area contributed by atoms with Crippen molar-refractivity contribution < 1.29 is 9.59 Å². The average molecular weight is 378 g/mol. The number of hydrazine groups is 1. The van der Waals surface area contributed by atoms with Crippen molar-refractivity contribution in [2.45, 2.75) is 27.3 Å². The Morgan fingerprint density at radius 2 is 1.57 bits per heavy atom. The summed E-state index contributed by atoms with van der Waals surface area (Å²) in [4.78, 5) is 37.7. The van der Waals surface area contributed by atoms with E-state index in [4.69, 9.17) is 0 Å². The van der Waals surface area contributed by atoms with Crippen LogP contribution in [0.5, 0.6) is 0 Å². The quantitative estimate of drug-likeness (QED) is 0.682. The van der Waals surface area contributed by atoms with Gasteiger partial charge in [0.25, 0.3) is 17.4 Å². The van der Waals surface area contributed by atoms with Gasteiger partial charge in [-0.15, -0.1) is 0 Å². The highest BCUT2D eigenvalue weighted by Gasteiger charge is 2.18. The summed E-state index contributed by atoms with van der Waals surface area (Å²) in [5, 5.41) is 5.10. The van der Waals surface area contributed by atoms with Gasteiger partial charge in [0.1, 0.15) is 0 Å². The van der Waals surface area contributed by atoms with Gasteiger partial charge >= 0.3 is 0 Å². The minimum Gasteiger partial charge on any atom is -0.267 e. The molecule has 7 heteroatoms. The van der Waals surface area contributed by atoms with Gasteiger partial charge in [-0.05, 0) is 30.5 Å². The maximum Gasteiger partial charge on any atom is 0.290 e. The zero-order valence-corrected chi connectivity index (χ0v) is 16.0. The molecule has 2 N–H and O–H groups in total. The minimum absolute atomic E-state index is 0.0842. The molecule has 0 aliphatic rings. The number of fused-ring (bicyclic) bond motifs is 1. The Hall–Kier alpha value is -3.48. The molecule has 0 unspecified atom stereocenters. The Kier molecular flexibility index (Phi) is 5.54. The van der Waals surface area contributed by atoms with Gasteiger partial charge in [-0.3, -0.25) is 25.2 Å². The SMILES string of the molecule is Cc1ccccc1C(=O)NNC(=O)c1nn(CC(C)C)c(=O)c2ccccc12. The average Bonchev–Trinajstić information content (AvgIpc) is 2.68. The fourth-order valence-corrected chi connectivity index (χ4v) is 2.94. The van der Waals surface area contributed by atoms with Crippen molar-refractivity contribution in [3.8, 4) is 0 Å². The second kappa shape index (κ2) is 8.04. The molecule has 2 amide bonds. The molecule has 28 heavy (non-hydrogen) atoms. The highest BCUT2D eigenvalue weighted by atomic mass is 16.2. The van der Waals surface area contributed by atoms with Crippen LogP contribution in [0.2, 0.25) is 0 Å². The van der Waals surface area contributed by atoms with Gasteiger partial charge < -0.3 is 0 Å². The molecule has 0 bridgehead atoms. The van der Waals surface area contributed by atoms with Crippen LogP contribution >= 0.6 is 0 Å². The Labute approximate surface area is 162 Å². The molecular weight excluding hydrogens is 356 g/mol. The second-order valence-corrected chi connectivity index (χ2v) is 7.00. The first-order valence-electron chi connectivity index (χ1n) is 9.04. The molecule has 7 nitrogen and oxygen atoms in total. The number of aromatic nitrogens is 2. The molecule has 0 aliphatic carbocycles. The number of hydrogen-bond donors (Lipinski definition) is 2. The zero-order valence-electron chi connectivity index (χ0n) is 16.0. The molecule has 1 aromatic heterocycles. The predicted molar refractivity (Wildman–Crippen MR) is 107 cm³/mol. The Balaban J connectivity index is 1.91. The van der Waals surface area contributed by atoms with Crippen LogP contribution in [-0.4, -0.2) is 21.6 Å². The number of benzene rings is 2. The van der Waals surface area contributed by atoms with Gasteiger partial charge in [-0.2, -0.15) is 5.10 Å². The summed E-state index contributed by atoms with van der Waals surface area (Å²) >= 11 is 0. The third kappa shape index (κ3) is 3.93. The number of aryl methyl sites for hydroxylation is 1. The smallest absolute Gasteiger partial charge is 0.267 e. The molecule has 144 valence electrons. The lowest BCUT2D eigenvalue weighted by atomic mass is 10.1. The largest absolute Gasteiger partial charge is 0.290 e. The minimum atomic E-state index is -0.587. The molecule has 0 saturated heterocycles. The van der Waals surface area contributed by atoms with E-state index in [0.29, 0.717) is 22.9 Å². The summed E-state index contributed by atoms with van der Waals surface area (Å²) in [6, 6.07) is 13.9. The van der Waals surface area contributed by atoms with E-state index in [0.717, 1.165) is 5.56 Å². The highest BCUT2D eigenvalue weighted by molar-refractivity contribution is 6.06. The van der Waals surface area contributed by atoms with Crippen molar-refractivity contribution in [1.82, 2.24) is 20.6 Å². The van der Waals surface area contributed by atoms with Crippen molar-refractivity contribution >= 4 is 22.6 Å². The third-order valence-corrected chi connectivity index (χ3v) is 4.30. The van der Waals surface area contributed by atoms with Crippen LogP contribution in [0.4, 0.5) is 0 Å². The zero-order chi connectivity index (χ0) is 20.3. The van der Waals surface area contributed by atoms with Crippen molar-refractivity contribution in [3.63, 3.8) is 0 Å². The van der Waals surface area contributed by atoms with Gasteiger partial charge in [0.05, 0.1) is 5.39 Å². The van der Waals surface area contributed by atoms with E-state index in [-0.39, 0.29) is 17.2 Å². The van der Waals surface area contributed by atoms with Gasteiger partial charge in [-0.25, -0.2) is 4.68 Å². The van der Waals surface area contributed by atoms with Crippen LogP contribution in [-0.2, 0) is 6.54 Å². The molecule has 2 aromatic carbocycles.